The van der Waals surface area contributed by atoms with Crippen LogP contribution in [0.1, 0.15) is 74.1 Å². The minimum Gasteiger partial charge on any atom is -0.374 e. The van der Waals surface area contributed by atoms with Gasteiger partial charge in [0.25, 0.3) is 0 Å². The average molecular weight is 299 g/mol. The highest BCUT2D eigenvalue weighted by Crippen LogP contribution is 2.38. The highest BCUT2D eigenvalue weighted by Gasteiger charge is 2.37. The molecule has 0 radical (unpaired) electrons. The number of hydrogen-bond donors (Lipinski definition) is 1. The van der Waals surface area contributed by atoms with Crippen molar-refractivity contribution in [3.05, 3.63) is 0 Å². The van der Waals surface area contributed by atoms with E-state index >= 15 is 0 Å². The van der Waals surface area contributed by atoms with Crippen LogP contribution >= 0.6 is 0 Å². The molecule has 21 heavy (non-hydrogen) atoms. The third-order valence-electron chi connectivity index (χ3n) is 4.59. The van der Waals surface area contributed by atoms with Gasteiger partial charge in [0, 0.05) is 24.2 Å². The molecule has 0 atom stereocenters. The summed E-state index contributed by atoms with van der Waals surface area (Å²) in [6, 6.07) is 1.18. The molecule has 1 saturated carbocycles. The number of hydrogen-bond acceptors (Lipinski definition) is 3. The van der Waals surface area contributed by atoms with Gasteiger partial charge in [-0.3, -0.25) is 4.90 Å². The summed E-state index contributed by atoms with van der Waals surface area (Å²) in [4.78, 5) is 2.51. The van der Waals surface area contributed by atoms with Crippen LogP contribution in [0.25, 0.3) is 0 Å². The molecule has 3 heteroatoms. The first-order valence-electron chi connectivity index (χ1n) is 8.80. The lowest BCUT2D eigenvalue weighted by Crippen LogP contribution is -2.47. The lowest BCUT2D eigenvalue weighted by Gasteiger charge is -2.43. The summed E-state index contributed by atoms with van der Waals surface area (Å²) in [5.41, 5.74) is 0.370. The maximum atomic E-state index is 6.33. The zero-order valence-electron chi connectivity index (χ0n) is 15.5. The highest BCUT2D eigenvalue weighted by atomic mass is 16.5. The average Bonchev–Trinajstić information content (AvgIpc) is 2.27. The van der Waals surface area contributed by atoms with Crippen LogP contribution in [0.5, 0.6) is 0 Å². The number of ether oxygens (including phenoxy) is 1. The van der Waals surface area contributed by atoms with Crippen molar-refractivity contribution >= 4 is 0 Å². The number of nitrogens with one attached hydrogen (secondary N) is 1. The third kappa shape index (κ3) is 6.66. The fourth-order valence-corrected chi connectivity index (χ4v) is 3.18. The minimum atomic E-state index is 0.165. The lowest BCUT2D eigenvalue weighted by molar-refractivity contribution is -0.111. The molecule has 0 aromatic rings. The second-order valence-electron chi connectivity index (χ2n) is 8.24. The molecule has 126 valence electrons. The zero-order valence-corrected chi connectivity index (χ0v) is 15.5. The Bertz CT molecular complexity index is 282. The molecule has 0 aliphatic heterocycles. The Balaban J connectivity index is 2.33. The maximum Gasteiger partial charge on any atom is 0.0695 e. The number of nitrogens with zero attached hydrogens (tertiary/aromatic N) is 1. The van der Waals surface area contributed by atoms with Gasteiger partial charge in [-0.2, -0.15) is 0 Å². The second kappa shape index (κ2) is 7.94. The normalized spacial score (nSPS) is 18.6. The van der Waals surface area contributed by atoms with Crippen molar-refractivity contribution in [3.63, 3.8) is 0 Å². The van der Waals surface area contributed by atoms with Gasteiger partial charge < -0.3 is 10.1 Å². The van der Waals surface area contributed by atoms with Crippen LogP contribution in [0, 0.1) is 0 Å². The summed E-state index contributed by atoms with van der Waals surface area (Å²) in [7, 11) is 0. The van der Waals surface area contributed by atoms with E-state index < -0.39 is 0 Å². The standard InChI is InChI=1S/C18H38N2O/c1-15(2)20(16(3)4)13-14-21-18(9-8-10-18)11-12-19-17(5,6)7/h15-16,19H,8-14H2,1-7H3. The molecule has 0 bridgehead atoms. The van der Waals surface area contributed by atoms with E-state index in [1.807, 2.05) is 0 Å². The minimum absolute atomic E-state index is 0.165. The van der Waals surface area contributed by atoms with E-state index in [1.54, 1.807) is 0 Å². The molecule has 0 aromatic heterocycles. The predicted octanol–water partition coefficient (Wildman–Crippen LogP) is 3.82. The molecule has 1 aliphatic carbocycles. The van der Waals surface area contributed by atoms with Crippen LogP contribution < -0.4 is 5.32 Å². The molecule has 0 amide bonds. The molecule has 1 aliphatic rings. The summed E-state index contributed by atoms with van der Waals surface area (Å²) < 4.78 is 6.33. The molecule has 0 spiro atoms. The summed E-state index contributed by atoms with van der Waals surface area (Å²) in [5.74, 6) is 0. The van der Waals surface area contributed by atoms with Crippen molar-refractivity contribution in [3.8, 4) is 0 Å². The van der Waals surface area contributed by atoms with E-state index in [9.17, 15) is 0 Å². The first-order valence-corrected chi connectivity index (χ1v) is 8.80. The first-order chi connectivity index (χ1) is 9.65. The van der Waals surface area contributed by atoms with Gasteiger partial charge in [-0.25, -0.2) is 0 Å². The Kier molecular flexibility index (Phi) is 7.15. The van der Waals surface area contributed by atoms with Gasteiger partial charge in [-0.05, 0) is 80.7 Å². The Morgan fingerprint density at radius 2 is 1.67 bits per heavy atom. The van der Waals surface area contributed by atoms with E-state index in [0.29, 0.717) is 12.1 Å². The molecule has 0 aromatic carbocycles. The fourth-order valence-electron chi connectivity index (χ4n) is 3.18. The Labute approximate surface area is 132 Å². The van der Waals surface area contributed by atoms with E-state index in [2.05, 4.69) is 58.7 Å². The molecule has 0 unspecified atom stereocenters. The number of rotatable bonds is 9. The van der Waals surface area contributed by atoms with Crippen LogP contribution in [0.4, 0.5) is 0 Å². The van der Waals surface area contributed by atoms with Crippen molar-refractivity contribution in [1.82, 2.24) is 10.2 Å². The topological polar surface area (TPSA) is 24.5 Å². The van der Waals surface area contributed by atoms with Crippen molar-refractivity contribution < 1.29 is 4.74 Å². The van der Waals surface area contributed by atoms with E-state index in [0.717, 1.165) is 26.1 Å². The molecule has 0 saturated heterocycles. The Morgan fingerprint density at radius 3 is 2.05 bits per heavy atom. The zero-order chi connectivity index (χ0) is 16.1. The van der Waals surface area contributed by atoms with Gasteiger partial charge in [0.05, 0.1) is 12.2 Å². The largest absolute Gasteiger partial charge is 0.374 e. The van der Waals surface area contributed by atoms with Crippen LogP contribution in [-0.2, 0) is 4.74 Å². The summed E-state index contributed by atoms with van der Waals surface area (Å²) in [6.07, 6.45) is 4.95. The fraction of sp³-hybridized carbons (Fsp3) is 1.00. The van der Waals surface area contributed by atoms with E-state index in [-0.39, 0.29) is 11.1 Å². The summed E-state index contributed by atoms with van der Waals surface area (Å²) >= 11 is 0. The monoisotopic (exact) mass is 298 g/mol. The van der Waals surface area contributed by atoms with Crippen molar-refractivity contribution in [1.29, 1.82) is 0 Å². The van der Waals surface area contributed by atoms with E-state index in [1.165, 1.54) is 19.3 Å². The molecule has 1 fully saturated rings. The summed E-state index contributed by atoms with van der Waals surface area (Å²) in [5, 5.41) is 3.59. The molecule has 0 heterocycles. The van der Waals surface area contributed by atoms with Gasteiger partial charge in [-0.1, -0.05) is 0 Å². The lowest BCUT2D eigenvalue weighted by atomic mass is 9.77. The van der Waals surface area contributed by atoms with Gasteiger partial charge in [0.2, 0.25) is 0 Å². The smallest absolute Gasteiger partial charge is 0.0695 e. The second-order valence-corrected chi connectivity index (χ2v) is 8.24. The van der Waals surface area contributed by atoms with Crippen LogP contribution in [-0.4, -0.2) is 47.8 Å². The van der Waals surface area contributed by atoms with Crippen molar-refractivity contribution in [2.24, 2.45) is 0 Å². The first kappa shape index (κ1) is 18.9. The quantitative estimate of drug-likeness (QED) is 0.700. The highest BCUT2D eigenvalue weighted by molar-refractivity contribution is 4.91. The molecule has 1 rings (SSSR count). The van der Waals surface area contributed by atoms with E-state index in [4.69, 9.17) is 4.74 Å². The molecule has 3 nitrogen and oxygen atoms in total. The van der Waals surface area contributed by atoms with Gasteiger partial charge >= 0.3 is 0 Å². The molecular weight excluding hydrogens is 260 g/mol. The van der Waals surface area contributed by atoms with Gasteiger partial charge in [0.15, 0.2) is 0 Å². The van der Waals surface area contributed by atoms with Gasteiger partial charge in [0.1, 0.15) is 0 Å². The molecular formula is C18H38N2O. The van der Waals surface area contributed by atoms with Crippen LogP contribution in [0.15, 0.2) is 0 Å². The van der Waals surface area contributed by atoms with Crippen molar-refractivity contribution in [2.45, 2.75) is 97.4 Å². The predicted molar refractivity (Wildman–Crippen MR) is 91.9 cm³/mol. The Hall–Kier alpha value is -0.120. The SMILES string of the molecule is CC(C)N(CCOC1(CCNC(C)(C)C)CCC1)C(C)C. The Morgan fingerprint density at radius 1 is 1.10 bits per heavy atom. The van der Waals surface area contributed by atoms with Crippen LogP contribution in [0.3, 0.4) is 0 Å². The van der Waals surface area contributed by atoms with Crippen molar-refractivity contribution in [2.75, 3.05) is 19.7 Å². The molecule has 1 N–H and O–H groups in total. The van der Waals surface area contributed by atoms with Gasteiger partial charge in [-0.15, -0.1) is 0 Å². The maximum absolute atomic E-state index is 6.33. The third-order valence-corrected chi connectivity index (χ3v) is 4.59. The summed E-state index contributed by atoms with van der Waals surface area (Å²) in [6.45, 7) is 18.7. The van der Waals surface area contributed by atoms with Crippen LogP contribution in [0.2, 0.25) is 0 Å².